The van der Waals surface area contributed by atoms with Crippen molar-refractivity contribution in [3.63, 3.8) is 0 Å². The van der Waals surface area contributed by atoms with E-state index in [0.29, 0.717) is 5.92 Å². The molecular weight excluding hydrogens is 793 g/mol. The molecule has 4 aromatic heterocycles. The van der Waals surface area contributed by atoms with E-state index in [1.54, 1.807) is 0 Å². The van der Waals surface area contributed by atoms with E-state index in [1.807, 2.05) is 6.20 Å². The van der Waals surface area contributed by atoms with E-state index in [9.17, 15) is 0 Å². The Kier molecular flexibility index (Phi) is 8.31. The largest absolute Gasteiger partial charge is 0.456 e. The van der Waals surface area contributed by atoms with Crippen LogP contribution < -0.4 is 0 Å². The number of fused-ring (bicyclic) bond motifs is 9. The fourth-order valence-electron chi connectivity index (χ4n) is 10.7. The zero-order valence-electron chi connectivity index (χ0n) is 36.5. The van der Waals surface area contributed by atoms with Crippen LogP contribution in [-0.4, -0.2) is 18.7 Å². The summed E-state index contributed by atoms with van der Waals surface area (Å²) in [5.74, 6) is 1.52. The number of rotatable bonds is 6. The van der Waals surface area contributed by atoms with Crippen LogP contribution in [0.5, 0.6) is 0 Å². The Balaban J connectivity index is 0.996. The van der Waals surface area contributed by atoms with Crippen molar-refractivity contribution in [2.24, 2.45) is 5.92 Å². The molecule has 1 aliphatic rings. The van der Waals surface area contributed by atoms with Crippen molar-refractivity contribution >= 4 is 71.1 Å². The van der Waals surface area contributed by atoms with Gasteiger partial charge in [0.25, 0.3) is 0 Å². The van der Waals surface area contributed by atoms with Crippen LogP contribution in [0.4, 0.5) is 0 Å². The van der Waals surface area contributed by atoms with Crippen LogP contribution in [0.1, 0.15) is 30.3 Å². The summed E-state index contributed by atoms with van der Waals surface area (Å²) in [6.45, 7) is 6.69. The van der Waals surface area contributed by atoms with Crippen molar-refractivity contribution in [3.05, 3.63) is 211 Å². The van der Waals surface area contributed by atoms with Gasteiger partial charge in [-0.2, -0.15) is 0 Å². The summed E-state index contributed by atoms with van der Waals surface area (Å²) >= 11 is 0. The van der Waals surface area contributed by atoms with Crippen LogP contribution in [0, 0.1) is 19.8 Å². The first-order valence-corrected chi connectivity index (χ1v) is 22.6. The summed E-state index contributed by atoms with van der Waals surface area (Å²) in [4.78, 5) is 4.85. The quantitative estimate of drug-likeness (QED) is 0.167. The minimum Gasteiger partial charge on any atom is -0.456 e. The molecule has 13 rings (SSSR count). The van der Waals surface area contributed by atoms with E-state index in [-0.39, 0.29) is 0 Å². The molecule has 1 aliphatic carbocycles. The number of benzene rings is 8. The monoisotopic (exact) mass is 836 g/mol. The second kappa shape index (κ2) is 14.4. The van der Waals surface area contributed by atoms with Crippen LogP contribution in [0.2, 0.25) is 0 Å². The van der Waals surface area contributed by atoms with Gasteiger partial charge in [0.2, 0.25) is 0 Å². The van der Waals surface area contributed by atoms with Gasteiger partial charge in [-0.3, -0.25) is 4.57 Å². The molecule has 5 nitrogen and oxygen atoms in total. The topological polar surface area (TPSA) is 40.8 Å². The summed E-state index contributed by atoms with van der Waals surface area (Å²) < 4.78 is 13.7. The maximum atomic E-state index is 6.58. The SMILES string of the molecule is Cc1ccc(-c2ccc3oc4ccc(-c5cc(-n6c7ccccc7c7ccccc76)cc(-n6c7ccccc7c7ccccc76)c5)cc4c3c2)c(C)c1-n1ccnc1C1=CCC(C)C=C1. The molecule has 0 N–H and O–H groups in total. The van der Waals surface area contributed by atoms with Crippen molar-refractivity contribution in [1.82, 2.24) is 18.7 Å². The normalized spacial score (nSPS) is 14.2. The number of hydrogen-bond donors (Lipinski definition) is 0. The highest BCUT2D eigenvalue weighted by Gasteiger charge is 2.21. The maximum Gasteiger partial charge on any atom is 0.144 e. The number of imidazole rings is 1. The average Bonchev–Trinajstić information content (AvgIpc) is 4.13. The molecule has 0 amide bonds. The molecule has 0 fully saturated rings. The fraction of sp³-hybridized carbons (Fsp3) is 0.0833. The second-order valence-electron chi connectivity index (χ2n) is 17.8. The highest BCUT2D eigenvalue weighted by molar-refractivity contribution is 6.11. The van der Waals surface area contributed by atoms with E-state index in [0.717, 1.165) is 62.2 Å². The molecule has 8 aromatic carbocycles. The molecule has 0 saturated carbocycles. The number of allylic oxidation sites excluding steroid dienone is 4. The third-order valence-electron chi connectivity index (χ3n) is 13.8. The van der Waals surface area contributed by atoms with Crippen molar-refractivity contribution in [1.29, 1.82) is 0 Å². The van der Waals surface area contributed by atoms with E-state index < -0.39 is 0 Å². The van der Waals surface area contributed by atoms with E-state index in [4.69, 9.17) is 9.40 Å². The molecule has 0 saturated heterocycles. The Hall–Kier alpha value is -8.15. The number of aryl methyl sites for hydroxylation is 1. The van der Waals surface area contributed by atoms with Crippen LogP contribution >= 0.6 is 0 Å². The van der Waals surface area contributed by atoms with Gasteiger partial charge in [-0.15, -0.1) is 0 Å². The lowest BCUT2D eigenvalue weighted by molar-refractivity contribution is 0.669. The van der Waals surface area contributed by atoms with Gasteiger partial charge in [-0.1, -0.05) is 122 Å². The van der Waals surface area contributed by atoms with Gasteiger partial charge in [0.1, 0.15) is 17.0 Å². The van der Waals surface area contributed by atoms with E-state index >= 15 is 0 Å². The van der Waals surface area contributed by atoms with Gasteiger partial charge in [-0.05, 0) is 126 Å². The Morgan fingerprint density at radius 2 is 1.08 bits per heavy atom. The first-order valence-electron chi connectivity index (χ1n) is 22.6. The van der Waals surface area contributed by atoms with Crippen LogP contribution in [-0.2, 0) is 0 Å². The summed E-state index contributed by atoms with van der Waals surface area (Å²) in [6.07, 6.45) is 11.9. The highest BCUT2D eigenvalue weighted by Crippen LogP contribution is 2.41. The van der Waals surface area contributed by atoms with Crippen LogP contribution in [0.3, 0.4) is 0 Å². The lowest BCUT2D eigenvalue weighted by Gasteiger charge is -2.19. The number of nitrogens with zero attached hydrogens (tertiary/aromatic N) is 4. The average molecular weight is 837 g/mol. The summed E-state index contributed by atoms with van der Waals surface area (Å²) in [7, 11) is 0. The number of furan rings is 1. The molecule has 1 unspecified atom stereocenters. The standard InChI is InChI=1S/C60H44N4O/c1-37-20-23-40(24-21-37)60-61-30-31-62(60)59-38(2)22-27-46(39(59)3)42-26-29-58-52(35-42)51-34-41(25-28-57(51)65-58)43-32-44(63-53-16-8-4-12-47(53)48-13-5-9-17-54(48)63)36-45(33-43)64-55-18-10-6-14-49(55)50-15-7-11-19-56(50)64/h4-20,22-37H,21H2,1-3H3. The molecule has 0 aliphatic heterocycles. The van der Waals surface area contributed by atoms with Crippen LogP contribution in [0.25, 0.3) is 110 Å². The molecule has 0 radical (unpaired) electrons. The molecule has 310 valence electrons. The maximum absolute atomic E-state index is 6.58. The number of aromatic nitrogens is 4. The summed E-state index contributed by atoms with van der Waals surface area (Å²) in [5, 5.41) is 7.14. The highest BCUT2D eigenvalue weighted by atomic mass is 16.3. The van der Waals surface area contributed by atoms with Crippen molar-refractivity contribution < 1.29 is 4.42 Å². The Morgan fingerprint density at radius 3 is 1.63 bits per heavy atom. The molecular formula is C60H44N4O. The molecule has 0 spiro atoms. The smallest absolute Gasteiger partial charge is 0.144 e. The van der Waals surface area contributed by atoms with Gasteiger partial charge in [0.05, 0.1) is 27.8 Å². The predicted molar refractivity (Wildman–Crippen MR) is 271 cm³/mol. The predicted octanol–water partition coefficient (Wildman–Crippen LogP) is 15.9. The summed E-state index contributed by atoms with van der Waals surface area (Å²) in [5.41, 5.74) is 18.0. The summed E-state index contributed by atoms with van der Waals surface area (Å²) in [6, 6.07) is 59.9. The molecule has 12 aromatic rings. The fourth-order valence-corrected chi connectivity index (χ4v) is 10.7. The molecule has 5 heteroatoms. The van der Waals surface area contributed by atoms with E-state index in [1.165, 1.54) is 71.6 Å². The molecule has 0 bridgehead atoms. The second-order valence-corrected chi connectivity index (χ2v) is 17.8. The lowest BCUT2D eigenvalue weighted by Crippen LogP contribution is -2.06. The minimum absolute atomic E-state index is 0.541. The van der Waals surface area contributed by atoms with Gasteiger partial charge >= 0.3 is 0 Å². The van der Waals surface area contributed by atoms with Crippen molar-refractivity contribution in [3.8, 4) is 39.3 Å². The third kappa shape index (κ3) is 5.82. The van der Waals surface area contributed by atoms with Gasteiger partial charge < -0.3 is 13.6 Å². The molecule has 1 atom stereocenters. The zero-order valence-corrected chi connectivity index (χ0v) is 36.5. The minimum atomic E-state index is 0.541. The first-order chi connectivity index (χ1) is 32.0. The van der Waals surface area contributed by atoms with Gasteiger partial charge in [0, 0.05) is 61.7 Å². The molecule has 4 heterocycles. The molecule has 65 heavy (non-hydrogen) atoms. The Bertz CT molecular complexity index is 3740. The number of para-hydroxylation sites is 4. The zero-order chi connectivity index (χ0) is 43.3. The van der Waals surface area contributed by atoms with Crippen LogP contribution in [0.15, 0.2) is 199 Å². The number of hydrogen-bond acceptors (Lipinski definition) is 2. The lowest BCUT2D eigenvalue weighted by atomic mass is 9.94. The first kappa shape index (κ1) is 37.4. The van der Waals surface area contributed by atoms with Crippen molar-refractivity contribution in [2.45, 2.75) is 27.2 Å². The van der Waals surface area contributed by atoms with Gasteiger partial charge in [-0.25, -0.2) is 4.98 Å². The van der Waals surface area contributed by atoms with Crippen molar-refractivity contribution in [2.75, 3.05) is 0 Å². The Morgan fingerprint density at radius 1 is 0.538 bits per heavy atom. The Labute approximate surface area is 376 Å². The van der Waals surface area contributed by atoms with E-state index in [2.05, 4.69) is 223 Å². The third-order valence-corrected chi connectivity index (χ3v) is 13.8. The van der Waals surface area contributed by atoms with Gasteiger partial charge in [0.15, 0.2) is 0 Å².